The van der Waals surface area contributed by atoms with Gasteiger partial charge in [0.1, 0.15) is 0 Å². The monoisotopic (exact) mass is 875 g/mol. The number of hydrogen-bond acceptors (Lipinski definition) is 2. The van der Waals surface area contributed by atoms with Gasteiger partial charge < -0.3 is 4.40 Å². The van der Waals surface area contributed by atoms with Crippen molar-refractivity contribution in [1.29, 1.82) is 10.5 Å². The fourth-order valence-corrected chi connectivity index (χ4v) is 17.5. The van der Waals surface area contributed by atoms with Gasteiger partial charge in [0.05, 0.1) is 39.8 Å². The van der Waals surface area contributed by atoms with Gasteiger partial charge in [-0.1, -0.05) is 149 Å². The lowest BCUT2D eigenvalue weighted by atomic mass is 9.43. The smallest absolute Gasteiger partial charge is 0.0995 e. The molecule has 3 atom stereocenters. The third kappa shape index (κ3) is 3.34. The predicted octanol–water partition coefficient (Wildman–Crippen LogP) is 14.9. The molecule has 9 aromatic carbocycles. The summed E-state index contributed by atoms with van der Waals surface area (Å²) in [5.41, 5.74) is 29.8. The van der Waals surface area contributed by atoms with Crippen LogP contribution < -0.4 is 0 Å². The van der Waals surface area contributed by atoms with Crippen molar-refractivity contribution in [2.45, 2.75) is 74.5 Å². The number of benzene rings is 9. The molecule has 0 saturated heterocycles. The number of rotatable bonds is 0. The molecule has 3 nitrogen and oxygen atoms in total. The number of aryl methyl sites for hydroxylation is 1. The first-order valence-electron chi connectivity index (χ1n) is 24.9. The normalized spacial score (nSPS) is 22.8. The van der Waals surface area contributed by atoms with Crippen LogP contribution in [0.25, 0.3) is 60.0 Å². The van der Waals surface area contributed by atoms with E-state index in [0.717, 1.165) is 22.2 Å². The Kier molecular flexibility index (Phi) is 5.66. The topological polar surface area (TPSA) is 52.0 Å². The second-order valence-corrected chi connectivity index (χ2v) is 22.7. The molecule has 2 heterocycles. The predicted molar refractivity (Wildman–Crippen MR) is 275 cm³/mol. The Labute approximate surface area is 398 Å². The molecule has 320 valence electrons. The molecule has 69 heavy (non-hydrogen) atoms. The molecule has 11 aromatic rings. The summed E-state index contributed by atoms with van der Waals surface area (Å²) in [6.45, 7) is 12.3. The van der Waals surface area contributed by atoms with Crippen molar-refractivity contribution in [3.05, 3.63) is 239 Å². The van der Waals surface area contributed by atoms with Crippen molar-refractivity contribution in [3.8, 4) is 23.3 Å². The van der Waals surface area contributed by atoms with E-state index in [1.165, 1.54) is 144 Å². The van der Waals surface area contributed by atoms with E-state index in [-0.39, 0.29) is 39.9 Å². The Bertz CT molecular complexity index is 4510. The van der Waals surface area contributed by atoms with Gasteiger partial charge in [-0.05, 0) is 136 Å². The van der Waals surface area contributed by atoms with Crippen molar-refractivity contribution in [2.24, 2.45) is 0 Å². The lowest BCUT2D eigenvalue weighted by molar-refractivity contribution is 0.333. The molecule has 0 radical (unpaired) electrons. The van der Waals surface area contributed by atoms with Crippen LogP contribution in [0.3, 0.4) is 0 Å². The van der Waals surface area contributed by atoms with E-state index < -0.39 is 0 Å². The molecule has 2 aromatic heterocycles. The van der Waals surface area contributed by atoms with Crippen LogP contribution in [-0.4, -0.2) is 4.40 Å². The zero-order chi connectivity index (χ0) is 45.7. The Morgan fingerprint density at radius 1 is 0.449 bits per heavy atom. The van der Waals surface area contributed by atoms with Gasteiger partial charge in [-0.3, -0.25) is 0 Å². The summed E-state index contributed by atoms with van der Waals surface area (Å²) in [5.74, 6) is 0.131. The molecule has 0 fully saturated rings. The highest BCUT2D eigenvalue weighted by molar-refractivity contribution is 6.32. The second-order valence-electron chi connectivity index (χ2n) is 22.7. The largest absolute Gasteiger partial charge is 0.308 e. The molecule has 0 aliphatic heterocycles. The average molecular weight is 876 g/mol. The van der Waals surface area contributed by atoms with E-state index >= 15 is 0 Å². The molecule has 0 amide bonds. The first-order valence-corrected chi connectivity index (χ1v) is 24.9. The molecule has 8 aliphatic carbocycles. The van der Waals surface area contributed by atoms with Gasteiger partial charge in [-0.25, -0.2) is 0 Å². The Balaban J connectivity index is 1.13. The maximum atomic E-state index is 11.6. The lowest BCUT2D eigenvalue weighted by Gasteiger charge is -2.58. The molecule has 3 heteroatoms. The van der Waals surface area contributed by atoms with Crippen LogP contribution in [0.4, 0.5) is 0 Å². The molecular weight excluding hydrogens is 835 g/mol. The molecule has 0 N–H and O–H groups in total. The van der Waals surface area contributed by atoms with E-state index in [0.29, 0.717) is 0 Å². The summed E-state index contributed by atoms with van der Waals surface area (Å²) in [4.78, 5) is 0. The zero-order valence-electron chi connectivity index (χ0n) is 38.9. The molecule has 1 spiro atoms. The minimum atomic E-state index is -0.379. The Morgan fingerprint density at radius 3 is 1.51 bits per heavy atom. The summed E-state index contributed by atoms with van der Waals surface area (Å²) in [7, 11) is 0. The number of nitriles is 2. The number of nitrogens with zero attached hydrogens (tertiary/aromatic N) is 3. The maximum Gasteiger partial charge on any atom is 0.0995 e. The average Bonchev–Trinajstić information content (AvgIpc) is 4.02. The Morgan fingerprint density at radius 2 is 0.928 bits per heavy atom. The standard InChI is InChI=1S/C66H41N3/c1-30-25-43-51-50-33(30)21-14-24-42(50)64(2,3)61-56(51)62(65(43,4)5)58-53-45(27-32(29-68)47-55(53)60-39-20-11-13-23-41(39)66(60)40-22-12-10-19-38(40)59(47)66)69-44-26-31(28-67)46-48-34-15-6-8-17-36(34)49(37-18-9-7-16-35(37)48)54(46)52(44)57(61)63(58)69/h6-27,48-49,59-60H,1-5H3. The van der Waals surface area contributed by atoms with Crippen molar-refractivity contribution in [1.82, 2.24) is 4.40 Å². The van der Waals surface area contributed by atoms with Gasteiger partial charge in [0, 0.05) is 61.5 Å². The molecule has 19 rings (SSSR count). The molecular formula is C66H41N3. The van der Waals surface area contributed by atoms with Crippen LogP contribution in [0.2, 0.25) is 0 Å². The van der Waals surface area contributed by atoms with Crippen molar-refractivity contribution in [3.63, 3.8) is 0 Å². The SMILES string of the molecule is Cc1cc2c3c4c(cccc14)C(C)(C)c1c-3c(c3c4c5c(c(C#N)cc4n4c6cc(C#N)c7c(c6c1c34)C1c3ccccc3C7c3ccccc31)C1c3ccccc3C13c1ccccc1C53)C2(C)C. The van der Waals surface area contributed by atoms with E-state index in [1.807, 2.05) is 0 Å². The van der Waals surface area contributed by atoms with Crippen LogP contribution in [0.5, 0.6) is 0 Å². The van der Waals surface area contributed by atoms with Crippen LogP contribution in [0.15, 0.2) is 133 Å². The van der Waals surface area contributed by atoms with Crippen molar-refractivity contribution >= 4 is 48.9 Å². The second kappa shape index (κ2) is 10.8. The van der Waals surface area contributed by atoms with Gasteiger partial charge in [0.15, 0.2) is 0 Å². The number of fused-ring (bicyclic) bond motifs is 16. The van der Waals surface area contributed by atoms with Crippen LogP contribution >= 0.6 is 0 Å². The first-order chi connectivity index (χ1) is 33.6. The van der Waals surface area contributed by atoms with E-state index in [1.54, 1.807) is 0 Å². The van der Waals surface area contributed by atoms with Gasteiger partial charge in [0.2, 0.25) is 0 Å². The van der Waals surface area contributed by atoms with Crippen LogP contribution in [0.1, 0.15) is 157 Å². The van der Waals surface area contributed by atoms with E-state index in [9.17, 15) is 10.5 Å². The Hall–Kier alpha value is -7.98. The molecule has 3 unspecified atom stereocenters. The van der Waals surface area contributed by atoms with Gasteiger partial charge in [0.25, 0.3) is 0 Å². The highest BCUT2D eigenvalue weighted by Gasteiger charge is 2.70. The van der Waals surface area contributed by atoms with Crippen molar-refractivity contribution in [2.75, 3.05) is 0 Å². The summed E-state index contributed by atoms with van der Waals surface area (Å²) in [6.07, 6.45) is 0. The maximum absolute atomic E-state index is 11.6. The van der Waals surface area contributed by atoms with Crippen molar-refractivity contribution < 1.29 is 0 Å². The first kappa shape index (κ1) is 36.1. The minimum Gasteiger partial charge on any atom is -0.308 e. The van der Waals surface area contributed by atoms with Gasteiger partial charge in [-0.15, -0.1) is 0 Å². The quantitative estimate of drug-likeness (QED) is 0.152. The lowest BCUT2D eigenvalue weighted by Crippen LogP contribution is -2.52. The summed E-state index contributed by atoms with van der Waals surface area (Å²) in [6, 6.07) is 56.1. The highest BCUT2D eigenvalue weighted by Crippen LogP contribution is 2.79. The number of hydrogen-bond donors (Lipinski definition) is 0. The van der Waals surface area contributed by atoms with Gasteiger partial charge >= 0.3 is 0 Å². The summed E-state index contributed by atoms with van der Waals surface area (Å²) >= 11 is 0. The highest BCUT2D eigenvalue weighted by atomic mass is 14.9. The molecule has 2 bridgehead atoms. The van der Waals surface area contributed by atoms with Crippen LogP contribution in [-0.2, 0) is 16.2 Å². The summed E-state index contributed by atoms with van der Waals surface area (Å²) < 4.78 is 2.58. The van der Waals surface area contributed by atoms with Crippen LogP contribution in [0, 0.1) is 29.6 Å². The minimum absolute atomic E-state index is 0.0396. The fourth-order valence-electron chi connectivity index (χ4n) is 17.5. The molecule has 8 aliphatic rings. The third-order valence-corrected chi connectivity index (χ3v) is 19.6. The molecule has 0 saturated carbocycles. The van der Waals surface area contributed by atoms with E-state index in [2.05, 4.69) is 185 Å². The number of aromatic nitrogens is 1. The summed E-state index contributed by atoms with van der Waals surface area (Å²) in [5, 5.41) is 31.2. The fraction of sp³-hybridized carbons (Fsp3) is 0.182. The van der Waals surface area contributed by atoms with Gasteiger partial charge in [-0.2, -0.15) is 10.5 Å². The third-order valence-electron chi connectivity index (χ3n) is 19.6. The zero-order valence-corrected chi connectivity index (χ0v) is 38.9. The van der Waals surface area contributed by atoms with E-state index in [4.69, 9.17) is 0 Å².